The zero-order chi connectivity index (χ0) is 19.2. The maximum absolute atomic E-state index is 12.4. The van der Waals surface area contributed by atoms with Gasteiger partial charge in [-0.05, 0) is 29.8 Å². The van der Waals surface area contributed by atoms with Crippen LogP contribution in [0.1, 0.15) is 5.56 Å². The molecule has 1 N–H and O–H groups in total. The lowest BCUT2D eigenvalue weighted by Gasteiger charge is -2.18. The Morgan fingerprint density at radius 3 is 2.56 bits per heavy atom. The van der Waals surface area contributed by atoms with Crippen LogP contribution in [0, 0.1) is 0 Å². The Bertz CT molecular complexity index is 879. The first-order valence-electron chi connectivity index (χ1n) is 8.50. The van der Waals surface area contributed by atoms with Gasteiger partial charge in [0.2, 0.25) is 11.1 Å². The van der Waals surface area contributed by atoms with E-state index < -0.39 is 0 Å². The van der Waals surface area contributed by atoms with Gasteiger partial charge in [0.15, 0.2) is 5.82 Å². The summed E-state index contributed by atoms with van der Waals surface area (Å²) in [6.45, 7) is 0.570. The van der Waals surface area contributed by atoms with Crippen LogP contribution in [-0.4, -0.2) is 57.9 Å². The number of carbonyl (C=O) groups is 1. The van der Waals surface area contributed by atoms with Crippen molar-refractivity contribution >= 4 is 23.4 Å². The minimum absolute atomic E-state index is 0.0286. The van der Waals surface area contributed by atoms with Gasteiger partial charge in [0.25, 0.3) is 0 Å². The summed E-state index contributed by atoms with van der Waals surface area (Å²) in [5.74, 6) is 0.909. The second kappa shape index (κ2) is 8.68. The van der Waals surface area contributed by atoms with Gasteiger partial charge in [0, 0.05) is 39.6 Å². The Hall–Kier alpha value is -2.87. The number of H-pyrrole nitrogens is 1. The van der Waals surface area contributed by atoms with Crippen LogP contribution < -0.4 is 4.90 Å². The molecule has 0 fully saturated rings. The van der Waals surface area contributed by atoms with Crippen molar-refractivity contribution in [3.8, 4) is 11.5 Å². The summed E-state index contributed by atoms with van der Waals surface area (Å²) in [5, 5.41) is 7.54. The molecule has 3 rings (SSSR count). The first kappa shape index (κ1) is 18.9. The van der Waals surface area contributed by atoms with E-state index in [1.54, 1.807) is 18.1 Å². The number of nitrogens with one attached hydrogen (secondary N) is 1. The van der Waals surface area contributed by atoms with E-state index in [-0.39, 0.29) is 11.7 Å². The first-order chi connectivity index (χ1) is 13.0. The number of rotatable bonds is 7. The van der Waals surface area contributed by atoms with Crippen LogP contribution in [0.2, 0.25) is 0 Å². The molecule has 2 aromatic heterocycles. The largest absolute Gasteiger partial charge is 0.378 e. The zero-order valence-electron chi connectivity index (χ0n) is 15.6. The molecule has 8 heteroatoms. The SMILES string of the molecule is CN(Cc1ccc(N(C)C)cc1)C(=O)CSc1n[nH]c(-c2ccccn2)n1. The molecule has 7 nitrogen and oxygen atoms in total. The van der Waals surface area contributed by atoms with Crippen molar-refractivity contribution < 1.29 is 4.79 Å². The minimum Gasteiger partial charge on any atom is -0.378 e. The van der Waals surface area contributed by atoms with E-state index >= 15 is 0 Å². The number of aromatic amines is 1. The lowest BCUT2D eigenvalue weighted by molar-refractivity contribution is -0.127. The summed E-state index contributed by atoms with van der Waals surface area (Å²) in [6, 6.07) is 13.8. The van der Waals surface area contributed by atoms with E-state index in [2.05, 4.69) is 32.3 Å². The van der Waals surface area contributed by atoms with E-state index in [9.17, 15) is 4.79 Å². The summed E-state index contributed by atoms with van der Waals surface area (Å²) < 4.78 is 0. The van der Waals surface area contributed by atoms with Gasteiger partial charge in [0.1, 0.15) is 5.69 Å². The second-order valence-electron chi connectivity index (χ2n) is 6.28. The molecular weight excluding hydrogens is 360 g/mol. The van der Waals surface area contributed by atoms with Crippen LogP contribution >= 0.6 is 11.8 Å². The minimum atomic E-state index is 0.0286. The molecule has 0 aliphatic heterocycles. The van der Waals surface area contributed by atoms with Gasteiger partial charge in [-0.2, -0.15) is 4.98 Å². The van der Waals surface area contributed by atoms with Gasteiger partial charge < -0.3 is 9.80 Å². The van der Waals surface area contributed by atoms with E-state index in [0.29, 0.717) is 17.5 Å². The lowest BCUT2D eigenvalue weighted by atomic mass is 10.2. The van der Waals surface area contributed by atoms with Crippen LogP contribution in [0.3, 0.4) is 0 Å². The maximum atomic E-state index is 12.4. The highest BCUT2D eigenvalue weighted by atomic mass is 32.2. The summed E-state index contributed by atoms with van der Waals surface area (Å²) in [5.41, 5.74) is 2.95. The standard InChI is InChI=1S/C19H22N6OS/c1-24(2)15-9-7-14(8-10-15)12-25(3)17(26)13-27-19-21-18(22-23-19)16-6-4-5-11-20-16/h4-11H,12-13H2,1-3H3,(H,21,22,23). The Morgan fingerprint density at radius 2 is 1.89 bits per heavy atom. The zero-order valence-corrected chi connectivity index (χ0v) is 16.4. The van der Waals surface area contributed by atoms with Crippen LogP contribution in [0.15, 0.2) is 53.8 Å². The average molecular weight is 382 g/mol. The number of amides is 1. The van der Waals surface area contributed by atoms with Crippen molar-refractivity contribution in [1.82, 2.24) is 25.1 Å². The fraction of sp³-hybridized carbons (Fsp3) is 0.263. The van der Waals surface area contributed by atoms with Gasteiger partial charge in [-0.15, -0.1) is 5.10 Å². The number of aromatic nitrogens is 4. The number of nitrogens with zero attached hydrogens (tertiary/aromatic N) is 5. The Morgan fingerprint density at radius 1 is 1.11 bits per heavy atom. The third kappa shape index (κ3) is 5.07. The number of thioether (sulfide) groups is 1. The Kier molecular flexibility index (Phi) is 6.08. The van der Waals surface area contributed by atoms with Gasteiger partial charge >= 0.3 is 0 Å². The van der Waals surface area contributed by atoms with Crippen molar-refractivity contribution in [1.29, 1.82) is 0 Å². The van der Waals surface area contributed by atoms with Crippen molar-refractivity contribution in [3.63, 3.8) is 0 Å². The van der Waals surface area contributed by atoms with Crippen molar-refractivity contribution in [3.05, 3.63) is 54.2 Å². The molecule has 27 heavy (non-hydrogen) atoms. The molecule has 3 aromatic rings. The molecule has 140 valence electrons. The summed E-state index contributed by atoms with van der Waals surface area (Å²) in [4.78, 5) is 24.8. The summed E-state index contributed by atoms with van der Waals surface area (Å²) in [7, 11) is 5.81. The van der Waals surface area contributed by atoms with E-state index in [1.165, 1.54) is 11.8 Å². The third-order valence-corrected chi connectivity index (χ3v) is 4.83. The van der Waals surface area contributed by atoms with Gasteiger partial charge in [-0.3, -0.25) is 14.9 Å². The molecule has 1 aromatic carbocycles. The fourth-order valence-electron chi connectivity index (χ4n) is 2.43. The molecule has 0 atom stereocenters. The first-order valence-corrected chi connectivity index (χ1v) is 9.48. The van der Waals surface area contributed by atoms with Crippen molar-refractivity contribution in [2.45, 2.75) is 11.7 Å². The van der Waals surface area contributed by atoms with Crippen molar-refractivity contribution in [2.75, 3.05) is 31.8 Å². The van der Waals surface area contributed by atoms with Crippen LogP contribution in [-0.2, 0) is 11.3 Å². The number of benzene rings is 1. The third-order valence-electron chi connectivity index (χ3n) is 4.00. The molecular formula is C19H22N6OS. The number of hydrogen-bond acceptors (Lipinski definition) is 6. The molecule has 0 saturated heterocycles. The highest BCUT2D eigenvalue weighted by Gasteiger charge is 2.13. The molecule has 2 heterocycles. The number of anilines is 1. The molecule has 0 bridgehead atoms. The molecule has 0 radical (unpaired) electrons. The van der Waals surface area contributed by atoms with E-state index in [0.717, 1.165) is 16.9 Å². The quantitative estimate of drug-likeness (QED) is 0.633. The van der Waals surface area contributed by atoms with Crippen LogP contribution in [0.25, 0.3) is 11.5 Å². The molecule has 0 spiro atoms. The number of hydrogen-bond donors (Lipinski definition) is 1. The van der Waals surface area contributed by atoms with Crippen molar-refractivity contribution in [2.24, 2.45) is 0 Å². The predicted octanol–water partition coefficient (Wildman–Crippen LogP) is 2.68. The fourth-order valence-corrected chi connectivity index (χ4v) is 3.17. The number of carbonyl (C=O) groups excluding carboxylic acids is 1. The molecule has 0 unspecified atom stereocenters. The Labute approximate surface area is 162 Å². The molecule has 0 saturated carbocycles. The van der Waals surface area contributed by atoms with E-state index in [1.807, 2.05) is 49.3 Å². The maximum Gasteiger partial charge on any atom is 0.233 e. The molecule has 0 aliphatic rings. The lowest BCUT2D eigenvalue weighted by Crippen LogP contribution is -2.27. The smallest absolute Gasteiger partial charge is 0.233 e. The molecule has 1 amide bonds. The van der Waals surface area contributed by atoms with Gasteiger partial charge in [0.05, 0.1) is 5.75 Å². The van der Waals surface area contributed by atoms with Crippen LogP contribution in [0.5, 0.6) is 0 Å². The van der Waals surface area contributed by atoms with Gasteiger partial charge in [-0.1, -0.05) is 30.0 Å². The normalized spacial score (nSPS) is 10.6. The molecule has 0 aliphatic carbocycles. The predicted molar refractivity (Wildman–Crippen MR) is 108 cm³/mol. The topological polar surface area (TPSA) is 78.0 Å². The van der Waals surface area contributed by atoms with E-state index in [4.69, 9.17) is 0 Å². The van der Waals surface area contributed by atoms with Gasteiger partial charge in [-0.25, -0.2) is 0 Å². The average Bonchev–Trinajstić information content (AvgIpc) is 3.16. The second-order valence-corrected chi connectivity index (χ2v) is 7.22. The summed E-state index contributed by atoms with van der Waals surface area (Å²) >= 11 is 1.31. The highest BCUT2D eigenvalue weighted by molar-refractivity contribution is 7.99. The van der Waals surface area contributed by atoms with Crippen LogP contribution in [0.4, 0.5) is 5.69 Å². The summed E-state index contributed by atoms with van der Waals surface area (Å²) in [6.07, 6.45) is 1.70. The number of pyridine rings is 1. The monoisotopic (exact) mass is 382 g/mol. The Balaban J connectivity index is 1.52. The highest BCUT2D eigenvalue weighted by Crippen LogP contribution is 2.18.